The van der Waals surface area contributed by atoms with E-state index in [0.717, 1.165) is 36.6 Å². The molecule has 4 amide bonds. The van der Waals surface area contributed by atoms with Crippen LogP contribution < -0.4 is 21.8 Å². The van der Waals surface area contributed by atoms with Gasteiger partial charge in [0, 0.05) is 24.9 Å². The van der Waals surface area contributed by atoms with Crippen molar-refractivity contribution in [3.8, 4) is 0 Å². The third-order valence-corrected chi connectivity index (χ3v) is 8.50. The number of imide groups is 1. The number of hydrogen-bond donors (Lipinski definition) is 5. The molecule has 0 bridgehead atoms. The third-order valence-electron chi connectivity index (χ3n) is 8.50. The molecule has 1 fully saturated rings. The molecule has 258 valence electrons. The molecule has 1 heterocycles. The van der Waals surface area contributed by atoms with Crippen molar-refractivity contribution in [1.82, 2.24) is 26.1 Å². The van der Waals surface area contributed by atoms with Crippen LogP contribution in [0.4, 0.5) is 0 Å². The van der Waals surface area contributed by atoms with Gasteiger partial charge in [0.1, 0.15) is 5.69 Å². The van der Waals surface area contributed by atoms with Crippen LogP contribution in [0.25, 0.3) is 10.9 Å². The first-order chi connectivity index (χ1) is 22.9. The highest BCUT2D eigenvalue weighted by Gasteiger charge is 2.30. The summed E-state index contributed by atoms with van der Waals surface area (Å²) < 4.78 is 0. The van der Waals surface area contributed by atoms with E-state index in [1.165, 1.54) is 12.5 Å². The smallest absolute Gasteiger partial charge is 0.276 e. The number of nitrogens with zero attached hydrogens (tertiary/aromatic N) is 2. The molecule has 11 nitrogen and oxygen atoms in total. The number of carbonyl (C=O) groups is 4. The second-order valence-corrected chi connectivity index (χ2v) is 14.1. The molecule has 0 aliphatic heterocycles. The molecule has 2 unspecified atom stereocenters. The molecule has 0 saturated heterocycles. The van der Waals surface area contributed by atoms with Crippen molar-refractivity contribution < 1.29 is 24.3 Å². The highest BCUT2D eigenvalue weighted by molar-refractivity contribution is 6.05. The van der Waals surface area contributed by atoms with Gasteiger partial charge in [0.2, 0.25) is 17.7 Å². The monoisotopic (exact) mass is 658 g/mol. The molecule has 1 aliphatic carbocycles. The van der Waals surface area contributed by atoms with Crippen molar-refractivity contribution in [3.05, 3.63) is 78.0 Å². The summed E-state index contributed by atoms with van der Waals surface area (Å²) in [5.41, 5.74) is 10.5. The summed E-state index contributed by atoms with van der Waals surface area (Å²) >= 11 is 0. The second-order valence-electron chi connectivity index (χ2n) is 14.1. The summed E-state index contributed by atoms with van der Waals surface area (Å²) in [7, 11) is 0. The largest absolute Gasteiger partial charge is 0.390 e. The van der Waals surface area contributed by atoms with Gasteiger partial charge in [0.15, 0.2) is 0 Å². The lowest BCUT2D eigenvalue weighted by Crippen LogP contribution is -2.56. The minimum Gasteiger partial charge on any atom is -0.390 e. The van der Waals surface area contributed by atoms with Crippen LogP contribution in [-0.2, 0) is 20.8 Å². The summed E-state index contributed by atoms with van der Waals surface area (Å²) in [4.78, 5) is 56.0. The molecule has 3 aromatic rings. The summed E-state index contributed by atoms with van der Waals surface area (Å²) in [6, 6.07) is 17.9. The number of hydrogen-bond acceptors (Lipinski definition) is 8. The Morgan fingerprint density at radius 2 is 1.62 bits per heavy atom. The van der Waals surface area contributed by atoms with Crippen molar-refractivity contribution in [3.63, 3.8) is 0 Å². The minimum atomic E-state index is -1.28. The Morgan fingerprint density at radius 3 is 2.33 bits per heavy atom. The van der Waals surface area contributed by atoms with Crippen LogP contribution in [0.1, 0.15) is 81.8 Å². The summed E-state index contributed by atoms with van der Waals surface area (Å²) in [6.07, 6.45) is 4.69. The third kappa shape index (κ3) is 11.8. The molecule has 1 aromatic heterocycles. The van der Waals surface area contributed by atoms with Gasteiger partial charge in [-0.15, -0.1) is 0 Å². The number of nitrogens with one attached hydrogen (secondary N) is 3. The number of hydrazine groups is 1. The molecule has 3 atom stereocenters. The standard InChI is InChI=1S/C37H50N6O5/c1-37(2,3)22-34(46)42-43(23-26-14-8-5-9-15-26)24-32(44)31(20-25-12-6-4-7-13-25)40-35(47)28(38)21-33(45)41-36(48)30-19-18-27-16-10-11-17-29(27)39-30/h4,6-7,10-13,16-19,26,28,31-32,44H,5,8-9,14-15,20-24,38H2,1-3H3,(H,40,47)(H,42,46)(H,41,45,48)/t28-,31?,32?/m0/s1. The van der Waals surface area contributed by atoms with Gasteiger partial charge in [-0.05, 0) is 48.3 Å². The second kappa shape index (κ2) is 17.3. The SMILES string of the molecule is CC(C)(C)CC(=O)NN(CC1CCCCC1)CC(O)C(Cc1ccccc1)NC(=O)[C@@H](N)CC(=O)NC(=O)c1ccc2ccccc2n1. The maximum absolute atomic E-state index is 13.3. The number of amides is 4. The van der Waals surface area contributed by atoms with Gasteiger partial charge in [-0.1, -0.05) is 94.6 Å². The van der Waals surface area contributed by atoms with Gasteiger partial charge < -0.3 is 16.2 Å². The number of aliphatic hydroxyl groups is 1. The zero-order chi connectivity index (χ0) is 34.7. The molecule has 11 heteroatoms. The Hall–Kier alpha value is -4.19. The van der Waals surface area contributed by atoms with E-state index in [9.17, 15) is 24.3 Å². The average Bonchev–Trinajstić information content (AvgIpc) is 3.04. The van der Waals surface area contributed by atoms with Crippen LogP contribution in [0, 0.1) is 11.3 Å². The van der Waals surface area contributed by atoms with E-state index in [1.807, 2.05) is 63.2 Å². The van der Waals surface area contributed by atoms with E-state index in [-0.39, 0.29) is 23.6 Å². The van der Waals surface area contributed by atoms with Gasteiger partial charge >= 0.3 is 0 Å². The highest BCUT2D eigenvalue weighted by Crippen LogP contribution is 2.25. The lowest BCUT2D eigenvalue weighted by Gasteiger charge is -2.34. The number of aliphatic hydroxyl groups excluding tert-OH is 1. The molecule has 4 rings (SSSR count). The first kappa shape index (κ1) is 36.6. The fraction of sp³-hybridized carbons (Fsp3) is 0.486. The van der Waals surface area contributed by atoms with Crippen molar-refractivity contribution in [2.75, 3.05) is 13.1 Å². The Kier molecular flexibility index (Phi) is 13.2. The fourth-order valence-corrected chi connectivity index (χ4v) is 6.07. The first-order valence-corrected chi connectivity index (χ1v) is 16.9. The zero-order valence-corrected chi connectivity index (χ0v) is 28.3. The Balaban J connectivity index is 1.41. The lowest BCUT2D eigenvalue weighted by atomic mass is 9.89. The average molecular weight is 659 g/mol. The van der Waals surface area contributed by atoms with E-state index < -0.39 is 42.3 Å². The minimum absolute atomic E-state index is 0.0680. The number of benzene rings is 2. The Bertz CT molecular complexity index is 1540. The van der Waals surface area contributed by atoms with E-state index in [1.54, 1.807) is 23.2 Å². The molecule has 0 radical (unpaired) electrons. The number of carbonyl (C=O) groups excluding carboxylic acids is 4. The van der Waals surface area contributed by atoms with Crippen LogP contribution in [0.5, 0.6) is 0 Å². The quantitative estimate of drug-likeness (QED) is 0.164. The Labute approximate surface area is 283 Å². The fourth-order valence-electron chi connectivity index (χ4n) is 6.07. The Morgan fingerprint density at radius 1 is 0.938 bits per heavy atom. The highest BCUT2D eigenvalue weighted by atomic mass is 16.3. The van der Waals surface area contributed by atoms with Crippen molar-refractivity contribution >= 4 is 34.5 Å². The number of rotatable bonds is 14. The van der Waals surface area contributed by atoms with E-state index in [2.05, 4.69) is 21.0 Å². The molecule has 0 spiro atoms. The molecule has 1 aliphatic rings. The van der Waals surface area contributed by atoms with Crippen LogP contribution in [-0.4, -0.2) is 70.0 Å². The number of nitrogens with two attached hydrogens (primary N) is 1. The van der Waals surface area contributed by atoms with Gasteiger partial charge in [0.25, 0.3) is 5.91 Å². The normalized spacial score (nSPS) is 15.8. The predicted molar refractivity (Wildman–Crippen MR) is 185 cm³/mol. The maximum atomic E-state index is 13.3. The van der Waals surface area contributed by atoms with Gasteiger partial charge in [-0.3, -0.25) is 29.9 Å². The molecular formula is C37H50N6O5. The summed E-state index contributed by atoms with van der Waals surface area (Å²) in [6.45, 7) is 6.68. The van der Waals surface area contributed by atoms with Crippen LogP contribution in [0.15, 0.2) is 66.7 Å². The predicted octanol–water partition coefficient (Wildman–Crippen LogP) is 3.65. The zero-order valence-electron chi connectivity index (χ0n) is 28.3. The molecule has 2 aromatic carbocycles. The number of fused-ring (bicyclic) bond motifs is 1. The summed E-state index contributed by atoms with van der Waals surface area (Å²) in [5.74, 6) is -1.80. The van der Waals surface area contributed by atoms with Crippen LogP contribution in [0.2, 0.25) is 0 Å². The van der Waals surface area contributed by atoms with Gasteiger partial charge in [0.05, 0.1) is 30.1 Å². The van der Waals surface area contributed by atoms with E-state index in [4.69, 9.17) is 5.73 Å². The molecule has 48 heavy (non-hydrogen) atoms. The molecular weight excluding hydrogens is 608 g/mol. The van der Waals surface area contributed by atoms with Gasteiger partial charge in [-0.25, -0.2) is 9.99 Å². The first-order valence-electron chi connectivity index (χ1n) is 16.9. The van der Waals surface area contributed by atoms with Gasteiger partial charge in [-0.2, -0.15) is 0 Å². The molecule has 6 N–H and O–H groups in total. The van der Waals surface area contributed by atoms with Crippen molar-refractivity contribution in [1.29, 1.82) is 0 Å². The van der Waals surface area contributed by atoms with Crippen LogP contribution in [0.3, 0.4) is 0 Å². The number of para-hydroxylation sites is 1. The van der Waals surface area contributed by atoms with Crippen molar-refractivity contribution in [2.45, 2.75) is 90.3 Å². The van der Waals surface area contributed by atoms with Crippen LogP contribution >= 0.6 is 0 Å². The van der Waals surface area contributed by atoms with E-state index in [0.29, 0.717) is 30.8 Å². The lowest BCUT2D eigenvalue weighted by molar-refractivity contribution is -0.130. The maximum Gasteiger partial charge on any atom is 0.276 e. The van der Waals surface area contributed by atoms with E-state index >= 15 is 0 Å². The number of pyridine rings is 1. The number of aromatic nitrogens is 1. The molecule has 1 saturated carbocycles. The summed E-state index contributed by atoms with van der Waals surface area (Å²) in [5, 5.41) is 19.3. The topological polar surface area (TPSA) is 167 Å². The van der Waals surface area contributed by atoms with Crippen molar-refractivity contribution in [2.24, 2.45) is 17.1 Å².